The first-order valence-corrected chi connectivity index (χ1v) is 6.89. The molecule has 1 aliphatic heterocycles. The highest BCUT2D eigenvalue weighted by molar-refractivity contribution is 9.10. The van der Waals surface area contributed by atoms with E-state index < -0.39 is 0 Å². The monoisotopic (exact) mass is 312 g/mol. The van der Waals surface area contributed by atoms with Crippen molar-refractivity contribution in [3.63, 3.8) is 0 Å². The molecular weight excluding hydrogens is 299 g/mol. The molecular formula is C13H14BrFN2O. The topological polar surface area (TPSA) is 41.1 Å². The van der Waals surface area contributed by atoms with Crippen LogP contribution in [-0.2, 0) is 11.3 Å². The summed E-state index contributed by atoms with van der Waals surface area (Å²) < 4.78 is 14.3. The van der Waals surface area contributed by atoms with Crippen LogP contribution in [0.1, 0.15) is 12.0 Å². The lowest BCUT2D eigenvalue weighted by Gasteiger charge is -2.13. The first-order valence-electron chi connectivity index (χ1n) is 6.10. The van der Waals surface area contributed by atoms with Crippen molar-refractivity contribution in [3.8, 4) is 0 Å². The lowest BCUT2D eigenvalue weighted by Crippen LogP contribution is -2.42. The summed E-state index contributed by atoms with van der Waals surface area (Å²) in [4.78, 5) is 11.9. The van der Waals surface area contributed by atoms with Gasteiger partial charge in [-0.2, -0.15) is 0 Å². The number of amides is 1. The van der Waals surface area contributed by atoms with Gasteiger partial charge >= 0.3 is 0 Å². The summed E-state index contributed by atoms with van der Waals surface area (Å²) in [5, 5.41) is 6.01. The fourth-order valence-corrected chi connectivity index (χ4v) is 3.01. The van der Waals surface area contributed by atoms with Gasteiger partial charge < -0.3 is 10.6 Å². The number of fused-ring (bicyclic) bond motifs is 1. The Morgan fingerprint density at radius 3 is 3.06 bits per heavy atom. The Hall–Kier alpha value is -0.940. The van der Waals surface area contributed by atoms with Gasteiger partial charge in [0.1, 0.15) is 5.82 Å². The van der Waals surface area contributed by atoms with Crippen LogP contribution >= 0.6 is 15.9 Å². The Bertz CT molecular complexity index is 494. The van der Waals surface area contributed by atoms with Crippen LogP contribution in [0.4, 0.5) is 4.39 Å². The average molecular weight is 313 g/mol. The maximum absolute atomic E-state index is 13.5. The van der Waals surface area contributed by atoms with E-state index in [1.807, 2.05) is 0 Å². The molecule has 0 bridgehead atoms. The Kier molecular flexibility index (Phi) is 3.11. The van der Waals surface area contributed by atoms with Gasteiger partial charge in [0, 0.05) is 16.6 Å². The molecule has 0 radical (unpaired) electrons. The van der Waals surface area contributed by atoms with Gasteiger partial charge in [-0.15, -0.1) is 0 Å². The SMILES string of the molecule is O=C(NCc1cc(Br)ccc1F)[C@H]1NC[C@@H]2C[C@@H]21. The van der Waals surface area contributed by atoms with Crippen molar-refractivity contribution in [1.29, 1.82) is 0 Å². The zero-order valence-electron chi connectivity index (χ0n) is 9.75. The van der Waals surface area contributed by atoms with Crippen molar-refractivity contribution in [1.82, 2.24) is 10.6 Å². The summed E-state index contributed by atoms with van der Waals surface area (Å²) in [5.41, 5.74) is 0.503. The van der Waals surface area contributed by atoms with Crippen LogP contribution < -0.4 is 10.6 Å². The highest BCUT2D eigenvalue weighted by atomic mass is 79.9. The highest BCUT2D eigenvalue weighted by Crippen LogP contribution is 2.45. The molecule has 1 heterocycles. The molecule has 0 aromatic heterocycles. The van der Waals surface area contributed by atoms with Gasteiger partial charge in [-0.05, 0) is 43.0 Å². The average Bonchev–Trinajstić information content (AvgIpc) is 3.01. The van der Waals surface area contributed by atoms with Crippen molar-refractivity contribution < 1.29 is 9.18 Å². The second-order valence-corrected chi connectivity index (χ2v) is 5.91. The Morgan fingerprint density at radius 1 is 1.56 bits per heavy atom. The number of piperidine rings is 1. The van der Waals surface area contributed by atoms with Gasteiger partial charge in [-0.25, -0.2) is 4.39 Å². The van der Waals surface area contributed by atoms with Gasteiger partial charge in [0.2, 0.25) is 5.91 Å². The summed E-state index contributed by atoms with van der Waals surface area (Å²) in [5.74, 6) is 0.877. The summed E-state index contributed by atoms with van der Waals surface area (Å²) in [6, 6.07) is 4.66. The van der Waals surface area contributed by atoms with Gasteiger partial charge in [0.15, 0.2) is 0 Å². The van der Waals surface area contributed by atoms with Crippen LogP contribution in [0.3, 0.4) is 0 Å². The maximum Gasteiger partial charge on any atom is 0.237 e. The normalized spacial score (nSPS) is 28.9. The van der Waals surface area contributed by atoms with E-state index >= 15 is 0 Å². The lowest BCUT2D eigenvalue weighted by molar-refractivity contribution is -0.123. The zero-order chi connectivity index (χ0) is 12.7. The van der Waals surface area contributed by atoms with Crippen LogP contribution in [0.2, 0.25) is 0 Å². The summed E-state index contributed by atoms with van der Waals surface area (Å²) in [6.45, 7) is 1.17. The molecule has 2 aliphatic rings. The minimum Gasteiger partial charge on any atom is -0.351 e. The molecule has 96 valence electrons. The number of nitrogens with one attached hydrogen (secondary N) is 2. The first-order chi connectivity index (χ1) is 8.65. The van der Waals surface area contributed by atoms with Crippen LogP contribution in [0.15, 0.2) is 22.7 Å². The molecule has 1 amide bonds. The number of carbonyl (C=O) groups excluding carboxylic acids is 1. The second-order valence-electron chi connectivity index (χ2n) is 5.00. The molecule has 3 nitrogen and oxygen atoms in total. The lowest BCUT2D eigenvalue weighted by atomic mass is 10.1. The van der Waals surface area contributed by atoms with E-state index in [1.54, 1.807) is 12.1 Å². The van der Waals surface area contributed by atoms with Gasteiger partial charge in [0.25, 0.3) is 0 Å². The van der Waals surface area contributed by atoms with E-state index in [1.165, 1.54) is 6.07 Å². The highest BCUT2D eigenvalue weighted by Gasteiger charge is 2.50. The van der Waals surface area contributed by atoms with Crippen LogP contribution in [-0.4, -0.2) is 18.5 Å². The summed E-state index contributed by atoms with van der Waals surface area (Å²) in [6.07, 6.45) is 1.15. The van der Waals surface area contributed by atoms with E-state index in [2.05, 4.69) is 26.6 Å². The van der Waals surface area contributed by atoms with E-state index in [0.29, 0.717) is 17.4 Å². The smallest absolute Gasteiger partial charge is 0.237 e. The van der Waals surface area contributed by atoms with Crippen molar-refractivity contribution in [2.75, 3.05) is 6.54 Å². The fraction of sp³-hybridized carbons (Fsp3) is 0.462. The molecule has 2 fully saturated rings. The third kappa shape index (κ3) is 2.29. The number of carbonyl (C=O) groups is 1. The molecule has 1 aliphatic carbocycles. The van der Waals surface area contributed by atoms with E-state index in [0.717, 1.165) is 17.4 Å². The number of hydrogen-bond acceptors (Lipinski definition) is 2. The minimum absolute atomic E-state index is 0.0145. The third-order valence-corrected chi connectivity index (χ3v) is 4.24. The maximum atomic E-state index is 13.5. The molecule has 3 atom stereocenters. The van der Waals surface area contributed by atoms with E-state index in [4.69, 9.17) is 0 Å². The van der Waals surface area contributed by atoms with Crippen molar-refractivity contribution in [2.24, 2.45) is 11.8 Å². The molecule has 1 saturated carbocycles. The van der Waals surface area contributed by atoms with E-state index in [-0.39, 0.29) is 24.3 Å². The van der Waals surface area contributed by atoms with Crippen LogP contribution in [0.5, 0.6) is 0 Å². The molecule has 1 aromatic rings. The molecule has 1 saturated heterocycles. The Labute approximate surface area is 113 Å². The molecule has 3 rings (SSSR count). The van der Waals surface area contributed by atoms with Gasteiger partial charge in [0.05, 0.1) is 6.04 Å². The minimum atomic E-state index is -0.290. The number of halogens is 2. The number of benzene rings is 1. The predicted molar refractivity (Wildman–Crippen MR) is 69.3 cm³/mol. The van der Waals surface area contributed by atoms with Crippen LogP contribution in [0.25, 0.3) is 0 Å². The van der Waals surface area contributed by atoms with Crippen LogP contribution in [0, 0.1) is 17.7 Å². The van der Waals surface area contributed by atoms with Crippen molar-refractivity contribution >= 4 is 21.8 Å². The molecule has 5 heteroatoms. The van der Waals surface area contributed by atoms with Gasteiger partial charge in [-0.1, -0.05) is 15.9 Å². The fourth-order valence-electron chi connectivity index (χ4n) is 2.60. The van der Waals surface area contributed by atoms with Crippen molar-refractivity contribution in [2.45, 2.75) is 19.0 Å². The first kappa shape index (κ1) is 12.1. The molecule has 0 unspecified atom stereocenters. The molecule has 1 aromatic carbocycles. The Balaban J connectivity index is 1.60. The van der Waals surface area contributed by atoms with Crippen molar-refractivity contribution in [3.05, 3.63) is 34.1 Å². The number of hydrogen-bond donors (Lipinski definition) is 2. The molecule has 0 spiro atoms. The Morgan fingerprint density at radius 2 is 2.39 bits per heavy atom. The largest absolute Gasteiger partial charge is 0.351 e. The summed E-state index contributed by atoms with van der Waals surface area (Å²) >= 11 is 3.29. The standard InChI is InChI=1S/C13H14BrFN2O/c14-9-1-2-11(15)8(3-9)6-17-13(18)12-10-4-7(10)5-16-12/h1-3,7,10,12,16H,4-6H2,(H,17,18)/t7-,10-,12-/m0/s1. The quantitative estimate of drug-likeness (QED) is 0.894. The number of rotatable bonds is 3. The molecule has 2 N–H and O–H groups in total. The summed E-state index contributed by atoms with van der Waals surface area (Å²) in [7, 11) is 0. The van der Waals surface area contributed by atoms with E-state index in [9.17, 15) is 9.18 Å². The molecule has 18 heavy (non-hydrogen) atoms. The van der Waals surface area contributed by atoms with Gasteiger partial charge in [-0.3, -0.25) is 4.79 Å². The third-order valence-electron chi connectivity index (χ3n) is 3.75. The predicted octanol–water partition coefficient (Wildman–Crippen LogP) is 1.81. The zero-order valence-corrected chi connectivity index (χ0v) is 11.3. The second kappa shape index (κ2) is 4.63.